The van der Waals surface area contributed by atoms with Crippen molar-refractivity contribution in [2.75, 3.05) is 12.0 Å². The van der Waals surface area contributed by atoms with Gasteiger partial charge in [0.15, 0.2) is 11.5 Å². The highest BCUT2D eigenvalue weighted by Crippen LogP contribution is 2.37. The maximum absolute atomic E-state index is 13.3. The third-order valence-corrected chi connectivity index (χ3v) is 5.77. The van der Waals surface area contributed by atoms with E-state index in [9.17, 15) is 14.0 Å². The van der Waals surface area contributed by atoms with E-state index >= 15 is 0 Å². The molecule has 3 aromatic carbocycles. The van der Waals surface area contributed by atoms with Crippen LogP contribution in [0.15, 0.2) is 71.6 Å². The molecule has 1 aliphatic rings. The Hall–Kier alpha value is -3.29. The van der Waals surface area contributed by atoms with Crippen LogP contribution in [0.25, 0.3) is 6.08 Å². The predicted octanol–water partition coefficient (Wildman–Crippen LogP) is 6.31. The summed E-state index contributed by atoms with van der Waals surface area (Å²) in [7, 11) is 1.50. The Kier molecular flexibility index (Phi) is 6.48. The van der Waals surface area contributed by atoms with Crippen LogP contribution in [0.4, 0.5) is 14.9 Å². The van der Waals surface area contributed by atoms with E-state index in [2.05, 4.69) is 0 Å². The third-order valence-electron chi connectivity index (χ3n) is 4.65. The SMILES string of the molecule is COc1cc(/C=C2\SC(=O)N(c3ccc(Cl)cc3)C2=O)ccc1OCc1cccc(F)c1. The van der Waals surface area contributed by atoms with E-state index in [1.165, 1.54) is 19.2 Å². The molecule has 32 heavy (non-hydrogen) atoms. The number of hydrogen-bond acceptors (Lipinski definition) is 5. The first-order valence-electron chi connectivity index (χ1n) is 9.53. The molecule has 0 radical (unpaired) electrons. The van der Waals surface area contributed by atoms with Crippen LogP contribution >= 0.6 is 23.4 Å². The van der Waals surface area contributed by atoms with Crippen molar-refractivity contribution in [2.45, 2.75) is 6.61 Å². The maximum atomic E-state index is 13.3. The number of nitrogens with zero attached hydrogens (tertiary/aromatic N) is 1. The summed E-state index contributed by atoms with van der Waals surface area (Å²) in [6, 6.07) is 17.8. The number of halogens is 2. The van der Waals surface area contributed by atoms with Gasteiger partial charge in [-0.1, -0.05) is 29.8 Å². The van der Waals surface area contributed by atoms with Crippen molar-refractivity contribution < 1.29 is 23.5 Å². The summed E-state index contributed by atoms with van der Waals surface area (Å²) in [5, 5.41) is 0.133. The fourth-order valence-electron chi connectivity index (χ4n) is 3.11. The molecule has 0 spiro atoms. The Bertz CT molecular complexity index is 1210. The predicted molar refractivity (Wildman–Crippen MR) is 124 cm³/mol. The zero-order valence-corrected chi connectivity index (χ0v) is 18.5. The lowest BCUT2D eigenvalue weighted by atomic mass is 10.1. The van der Waals surface area contributed by atoms with Gasteiger partial charge in [0.25, 0.3) is 11.1 Å². The highest BCUT2D eigenvalue weighted by Gasteiger charge is 2.36. The Morgan fingerprint density at radius 1 is 1.03 bits per heavy atom. The number of methoxy groups -OCH3 is 1. The minimum atomic E-state index is -0.410. The fourth-order valence-corrected chi connectivity index (χ4v) is 4.08. The first kappa shape index (κ1) is 21.9. The number of benzene rings is 3. The molecule has 0 bridgehead atoms. The average Bonchev–Trinajstić information content (AvgIpc) is 3.06. The molecule has 5 nitrogen and oxygen atoms in total. The first-order chi connectivity index (χ1) is 15.4. The second kappa shape index (κ2) is 9.46. The monoisotopic (exact) mass is 469 g/mol. The fraction of sp³-hybridized carbons (Fsp3) is 0.0833. The van der Waals surface area contributed by atoms with Gasteiger partial charge >= 0.3 is 0 Å². The Labute approximate surface area is 193 Å². The molecular formula is C24H17ClFNO4S. The molecule has 0 aliphatic carbocycles. The van der Waals surface area contributed by atoms with Crippen molar-refractivity contribution in [1.82, 2.24) is 0 Å². The minimum Gasteiger partial charge on any atom is -0.493 e. The Balaban J connectivity index is 1.53. The van der Waals surface area contributed by atoms with Gasteiger partial charge in [-0.25, -0.2) is 9.29 Å². The number of carbonyl (C=O) groups excluding carboxylic acids is 2. The smallest absolute Gasteiger partial charge is 0.298 e. The van der Waals surface area contributed by atoms with Crippen molar-refractivity contribution >= 4 is 46.3 Å². The molecule has 1 heterocycles. The number of imide groups is 1. The van der Waals surface area contributed by atoms with Gasteiger partial charge in [0.05, 0.1) is 17.7 Å². The van der Waals surface area contributed by atoms with E-state index < -0.39 is 5.91 Å². The number of thioether (sulfide) groups is 1. The first-order valence-corrected chi connectivity index (χ1v) is 10.7. The average molecular weight is 470 g/mol. The molecule has 0 atom stereocenters. The van der Waals surface area contributed by atoms with Gasteiger partial charge in [0.2, 0.25) is 0 Å². The summed E-state index contributed by atoms with van der Waals surface area (Å²) in [5.41, 5.74) is 1.81. The van der Waals surface area contributed by atoms with E-state index in [-0.39, 0.29) is 17.7 Å². The molecule has 162 valence electrons. The summed E-state index contributed by atoms with van der Waals surface area (Å²) < 4.78 is 24.5. The lowest BCUT2D eigenvalue weighted by Gasteiger charge is -2.12. The van der Waals surface area contributed by atoms with E-state index in [0.717, 1.165) is 16.7 Å². The van der Waals surface area contributed by atoms with Crippen LogP contribution in [-0.2, 0) is 11.4 Å². The number of amides is 2. The number of anilines is 1. The summed E-state index contributed by atoms with van der Waals surface area (Å²) >= 11 is 6.75. The van der Waals surface area contributed by atoms with E-state index in [4.69, 9.17) is 21.1 Å². The topological polar surface area (TPSA) is 55.8 Å². The number of ether oxygens (including phenoxy) is 2. The molecular weight excluding hydrogens is 453 g/mol. The van der Waals surface area contributed by atoms with Gasteiger partial charge in [-0.05, 0) is 77.5 Å². The lowest BCUT2D eigenvalue weighted by molar-refractivity contribution is -0.113. The molecule has 0 aromatic heterocycles. The van der Waals surface area contributed by atoms with E-state index in [1.54, 1.807) is 60.7 Å². The minimum absolute atomic E-state index is 0.174. The van der Waals surface area contributed by atoms with Crippen LogP contribution in [0.3, 0.4) is 0 Å². The molecule has 0 N–H and O–H groups in total. The van der Waals surface area contributed by atoms with Crippen molar-refractivity contribution in [3.05, 3.63) is 93.6 Å². The highest BCUT2D eigenvalue weighted by atomic mass is 35.5. The molecule has 1 saturated heterocycles. The largest absolute Gasteiger partial charge is 0.493 e. The molecule has 3 aromatic rings. The van der Waals surface area contributed by atoms with Crippen molar-refractivity contribution in [3.8, 4) is 11.5 Å². The summed E-state index contributed by atoms with van der Waals surface area (Å²) in [5.74, 6) is 0.184. The second-order valence-electron chi connectivity index (χ2n) is 6.82. The molecule has 1 aliphatic heterocycles. The number of carbonyl (C=O) groups is 2. The van der Waals surface area contributed by atoms with Crippen molar-refractivity contribution in [3.63, 3.8) is 0 Å². The van der Waals surface area contributed by atoms with Gasteiger partial charge in [0.1, 0.15) is 12.4 Å². The van der Waals surface area contributed by atoms with Crippen molar-refractivity contribution in [2.24, 2.45) is 0 Å². The van der Waals surface area contributed by atoms with Gasteiger partial charge in [-0.15, -0.1) is 0 Å². The molecule has 4 rings (SSSR count). The maximum Gasteiger partial charge on any atom is 0.298 e. The molecule has 0 unspecified atom stereocenters. The van der Waals surface area contributed by atoms with Gasteiger partial charge in [0, 0.05) is 5.02 Å². The van der Waals surface area contributed by atoms with Gasteiger partial charge < -0.3 is 9.47 Å². The Morgan fingerprint density at radius 3 is 2.53 bits per heavy atom. The van der Waals surface area contributed by atoms with Crippen LogP contribution in [-0.4, -0.2) is 18.3 Å². The summed E-state index contributed by atoms with van der Waals surface area (Å²) in [6.07, 6.45) is 1.62. The summed E-state index contributed by atoms with van der Waals surface area (Å²) in [4.78, 5) is 26.6. The normalized spacial score (nSPS) is 14.8. The van der Waals surface area contributed by atoms with Crippen molar-refractivity contribution in [1.29, 1.82) is 0 Å². The van der Waals surface area contributed by atoms with Crippen LogP contribution in [0.5, 0.6) is 11.5 Å². The third kappa shape index (κ3) is 4.79. The molecule has 0 saturated carbocycles. The number of hydrogen-bond donors (Lipinski definition) is 0. The van der Waals surface area contributed by atoms with Gasteiger partial charge in [-0.3, -0.25) is 9.59 Å². The zero-order valence-electron chi connectivity index (χ0n) is 16.9. The van der Waals surface area contributed by atoms with Gasteiger partial charge in [-0.2, -0.15) is 0 Å². The highest BCUT2D eigenvalue weighted by molar-refractivity contribution is 8.19. The van der Waals surface area contributed by atoms with E-state index in [1.807, 2.05) is 0 Å². The van der Waals surface area contributed by atoms with E-state index in [0.29, 0.717) is 38.2 Å². The quantitative estimate of drug-likeness (QED) is 0.396. The van der Waals surface area contributed by atoms with Crippen LogP contribution in [0, 0.1) is 5.82 Å². The van der Waals surface area contributed by atoms with Crippen LogP contribution < -0.4 is 14.4 Å². The zero-order chi connectivity index (χ0) is 22.7. The lowest BCUT2D eigenvalue weighted by Crippen LogP contribution is -2.27. The van der Waals surface area contributed by atoms with Crippen LogP contribution in [0.1, 0.15) is 11.1 Å². The standard InChI is InChI=1S/C24H17ClFNO4S/c1-30-21-12-15(5-10-20(21)31-14-16-3-2-4-18(26)11-16)13-22-23(28)27(24(29)32-22)19-8-6-17(25)7-9-19/h2-13H,14H2,1H3/b22-13-. The molecule has 2 amide bonds. The Morgan fingerprint density at radius 2 is 1.81 bits per heavy atom. The molecule has 8 heteroatoms. The summed E-state index contributed by atoms with van der Waals surface area (Å²) in [6.45, 7) is 0.174. The van der Waals surface area contributed by atoms with Crippen LogP contribution in [0.2, 0.25) is 5.02 Å². The molecule has 1 fully saturated rings. The second-order valence-corrected chi connectivity index (χ2v) is 8.25. The number of rotatable bonds is 6.